The van der Waals surface area contributed by atoms with Crippen molar-refractivity contribution in [1.82, 2.24) is 4.57 Å². The maximum Gasteiger partial charge on any atom is 0.356 e. The lowest BCUT2D eigenvalue weighted by Crippen LogP contribution is -2.14. The lowest BCUT2D eigenvalue weighted by Gasteiger charge is -2.13. The molecule has 0 bridgehead atoms. The Morgan fingerprint density at radius 1 is 0.970 bits per heavy atom. The minimum atomic E-state index is -0.880. The number of rotatable bonds is 5. The second-order valence-electron chi connectivity index (χ2n) is 7.77. The zero-order chi connectivity index (χ0) is 23.1. The normalized spacial score (nSPS) is 15.7. The fourth-order valence-corrected chi connectivity index (χ4v) is 4.31. The summed E-state index contributed by atoms with van der Waals surface area (Å²) in [4.78, 5) is 25.6. The van der Waals surface area contributed by atoms with Crippen LogP contribution in [-0.2, 0) is 26.1 Å². The van der Waals surface area contributed by atoms with E-state index in [1.165, 1.54) is 7.11 Å². The molecule has 0 radical (unpaired) electrons. The van der Waals surface area contributed by atoms with Crippen molar-refractivity contribution in [2.24, 2.45) is 7.05 Å². The highest BCUT2D eigenvalue weighted by Crippen LogP contribution is 2.39. The van der Waals surface area contributed by atoms with Crippen LogP contribution in [0, 0.1) is 0 Å². The molecule has 1 aliphatic rings. The standard InChI is InChI=1S/C26H22N2O5/c1-28-20-7-5-4-6-18(20)19-14-15(8-13-21(19)28)24-22(25(29)32-3)23(26(30)33-24)27-16-9-11-17(31-2)12-10-16/h4-14,24,27H,1-3H3. The molecular weight excluding hydrogens is 420 g/mol. The van der Waals surface area contributed by atoms with Crippen LogP contribution in [0.1, 0.15) is 11.7 Å². The van der Waals surface area contributed by atoms with Gasteiger partial charge in [0.15, 0.2) is 6.10 Å². The minimum Gasteiger partial charge on any atom is -0.497 e. The number of nitrogens with zero attached hydrogens (tertiary/aromatic N) is 1. The molecule has 1 atom stereocenters. The van der Waals surface area contributed by atoms with Crippen molar-refractivity contribution in [3.05, 3.63) is 83.6 Å². The van der Waals surface area contributed by atoms with Crippen LogP contribution < -0.4 is 10.1 Å². The summed E-state index contributed by atoms with van der Waals surface area (Å²) >= 11 is 0. The number of hydrogen-bond acceptors (Lipinski definition) is 6. The van der Waals surface area contributed by atoms with Crippen molar-refractivity contribution >= 4 is 39.4 Å². The van der Waals surface area contributed by atoms with Gasteiger partial charge in [-0.3, -0.25) is 0 Å². The van der Waals surface area contributed by atoms with E-state index in [1.807, 2.05) is 37.4 Å². The van der Waals surface area contributed by atoms with Crippen LogP contribution in [0.3, 0.4) is 0 Å². The summed E-state index contributed by atoms with van der Waals surface area (Å²) in [5, 5.41) is 5.12. The van der Waals surface area contributed by atoms with E-state index in [9.17, 15) is 9.59 Å². The Hall–Kier alpha value is -4.26. The molecule has 7 nitrogen and oxygen atoms in total. The van der Waals surface area contributed by atoms with Crippen LogP contribution in [0.4, 0.5) is 5.69 Å². The molecule has 1 aromatic heterocycles. The van der Waals surface area contributed by atoms with Crippen molar-refractivity contribution < 1.29 is 23.8 Å². The van der Waals surface area contributed by atoms with E-state index < -0.39 is 18.0 Å². The molecule has 3 aromatic carbocycles. The summed E-state index contributed by atoms with van der Waals surface area (Å²) in [6.07, 6.45) is -0.880. The fourth-order valence-electron chi connectivity index (χ4n) is 4.31. The van der Waals surface area contributed by atoms with Gasteiger partial charge in [-0.2, -0.15) is 0 Å². The van der Waals surface area contributed by atoms with E-state index in [0.29, 0.717) is 17.0 Å². The van der Waals surface area contributed by atoms with Gasteiger partial charge in [-0.1, -0.05) is 24.3 Å². The summed E-state index contributed by atoms with van der Waals surface area (Å²) in [6, 6.07) is 20.9. The molecule has 7 heteroatoms. The maximum absolute atomic E-state index is 12.8. The van der Waals surface area contributed by atoms with Crippen molar-refractivity contribution in [3.63, 3.8) is 0 Å². The summed E-state index contributed by atoms with van der Waals surface area (Å²) < 4.78 is 18.0. The zero-order valence-electron chi connectivity index (χ0n) is 18.4. The van der Waals surface area contributed by atoms with Gasteiger partial charge >= 0.3 is 11.9 Å². The molecular formula is C26H22N2O5. The Kier molecular flexibility index (Phi) is 5.01. The highest BCUT2D eigenvalue weighted by atomic mass is 16.6. The zero-order valence-corrected chi connectivity index (χ0v) is 18.4. The van der Waals surface area contributed by atoms with Crippen LogP contribution in [0.5, 0.6) is 5.75 Å². The number of nitrogens with one attached hydrogen (secondary N) is 1. The Labute approximate surface area is 190 Å². The van der Waals surface area contributed by atoms with Gasteiger partial charge in [-0.25, -0.2) is 9.59 Å². The SMILES string of the molecule is COC(=O)C1=C(Nc2ccc(OC)cc2)C(=O)OC1c1ccc2c(c1)c1ccccc1n2C. The number of ether oxygens (including phenoxy) is 3. The van der Waals surface area contributed by atoms with Crippen LogP contribution in [0.25, 0.3) is 21.8 Å². The molecule has 0 saturated heterocycles. The molecule has 33 heavy (non-hydrogen) atoms. The summed E-state index contributed by atoms with van der Waals surface area (Å²) in [6.45, 7) is 0. The third-order valence-corrected chi connectivity index (χ3v) is 5.97. The third kappa shape index (κ3) is 3.38. The molecule has 2 heterocycles. The van der Waals surface area contributed by atoms with Crippen molar-refractivity contribution in [1.29, 1.82) is 0 Å². The smallest absolute Gasteiger partial charge is 0.356 e. The van der Waals surface area contributed by atoms with Gasteiger partial charge in [0.05, 0.1) is 14.2 Å². The average Bonchev–Trinajstić information content (AvgIpc) is 3.33. The van der Waals surface area contributed by atoms with E-state index in [4.69, 9.17) is 14.2 Å². The number of esters is 2. The maximum atomic E-state index is 12.8. The van der Waals surface area contributed by atoms with Crippen molar-refractivity contribution in [2.45, 2.75) is 6.10 Å². The Morgan fingerprint density at radius 3 is 2.42 bits per heavy atom. The number of fused-ring (bicyclic) bond motifs is 3. The van der Waals surface area contributed by atoms with E-state index in [-0.39, 0.29) is 11.3 Å². The van der Waals surface area contributed by atoms with Gasteiger partial charge in [0.1, 0.15) is 17.0 Å². The van der Waals surface area contributed by atoms with E-state index in [1.54, 1.807) is 31.4 Å². The number of carbonyl (C=O) groups is 2. The monoisotopic (exact) mass is 442 g/mol. The second-order valence-corrected chi connectivity index (χ2v) is 7.77. The molecule has 0 spiro atoms. The number of cyclic esters (lactones) is 1. The first-order chi connectivity index (χ1) is 16.0. The highest BCUT2D eigenvalue weighted by molar-refractivity contribution is 6.09. The Balaban J connectivity index is 1.60. The van der Waals surface area contributed by atoms with Crippen LogP contribution in [-0.4, -0.2) is 30.7 Å². The molecule has 1 N–H and O–H groups in total. The number of para-hydroxylation sites is 1. The van der Waals surface area contributed by atoms with Gasteiger partial charge in [0, 0.05) is 34.5 Å². The molecule has 0 amide bonds. The number of hydrogen-bond donors (Lipinski definition) is 1. The van der Waals surface area contributed by atoms with Gasteiger partial charge < -0.3 is 24.1 Å². The third-order valence-electron chi connectivity index (χ3n) is 5.97. The molecule has 0 fully saturated rings. The van der Waals surface area contributed by atoms with E-state index in [2.05, 4.69) is 22.0 Å². The largest absolute Gasteiger partial charge is 0.497 e. The minimum absolute atomic E-state index is 0.0648. The lowest BCUT2D eigenvalue weighted by molar-refractivity contribution is -0.141. The lowest BCUT2D eigenvalue weighted by atomic mass is 9.99. The number of carbonyl (C=O) groups excluding carboxylic acids is 2. The number of aromatic nitrogens is 1. The van der Waals surface area contributed by atoms with Gasteiger partial charge in [0.25, 0.3) is 0 Å². The quantitative estimate of drug-likeness (QED) is 0.459. The van der Waals surface area contributed by atoms with Crippen LogP contribution in [0.15, 0.2) is 78.0 Å². The van der Waals surface area contributed by atoms with Crippen molar-refractivity contribution in [2.75, 3.05) is 19.5 Å². The fraction of sp³-hybridized carbons (Fsp3) is 0.154. The number of benzene rings is 3. The van der Waals surface area contributed by atoms with Gasteiger partial charge in [0.2, 0.25) is 0 Å². The van der Waals surface area contributed by atoms with Crippen molar-refractivity contribution in [3.8, 4) is 5.75 Å². The topological polar surface area (TPSA) is 78.8 Å². The average molecular weight is 442 g/mol. The highest BCUT2D eigenvalue weighted by Gasteiger charge is 2.40. The molecule has 166 valence electrons. The molecule has 0 saturated carbocycles. The number of aryl methyl sites for hydroxylation is 1. The van der Waals surface area contributed by atoms with Crippen LogP contribution >= 0.6 is 0 Å². The van der Waals surface area contributed by atoms with Gasteiger partial charge in [-0.15, -0.1) is 0 Å². The predicted octanol–water partition coefficient (Wildman–Crippen LogP) is 4.48. The first-order valence-electron chi connectivity index (χ1n) is 10.4. The molecule has 0 aliphatic carbocycles. The predicted molar refractivity (Wildman–Crippen MR) is 125 cm³/mol. The molecule has 1 aliphatic heterocycles. The number of methoxy groups -OCH3 is 2. The Morgan fingerprint density at radius 2 is 1.70 bits per heavy atom. The van der Waals surface area contributed by atoms with E-state index in [0.717, 1.165) is 21.8 Å². The summed E-state index contributed by atoms with van der Waals surface area (Å²) in [5.74, 6) is -0.563. The van der Waals surface area contributed by atoms with Gasteiger partial charge in [-0.05, 0) is 48.0 Å². The molecule has 1 unspecified atom stereocenters. The first-order valence-corrected chi connectivity index (χ1v) is 10.4. The first kappa shape index (κ1) is 20.6. The number of anilines is 1. The summed E-state index contributed by atoms with van der Waals surface area (Å²) in [7, 11) is 4.87. The summed E-state index contributed by atoms with van der Waals surface area (Å²) in [5.41, 5.74) is 3.66. The Bertz CT molecular complexity index is 1430. The van der Waals surface area contributed by atoms with E-state index >= 15 is 0 Å². The second kappa shape index (κ2) is 8.02. The van der Waals surface area contributed by atoms with Crippen LogP contribution in [0.2, 0.25) is 0 Å². The molecule has 4 aromatic rings. The molecule has 5 rings (SSSR count).